The molecule has 0 bridgehead atoms. The first kappa shape index (κ1) is 20.2. The average molecular weight is 448 g/mol. The van der Waals surface area contributed by atoms with E-state index in [1.165, 1.54) is 0 Å². The Hall–Kier alpha value is -4.38. The first-order valence-electron chi connectivity index (χ1n) is 11.4. The topological polar surface area (TPSA) is 77.0 Å². The number of aryl methyl sites for hydroxylation is 2. The Kier molecular flexibility index (Phi) is 4.52. The minimum Gasteiger partial charge on any atom is -0.494 e. The summed E-state index contributed by atoms with van der Waals surface area (Å²) in [6, 6.07) is 26.0. The fourth-order valence-electron chi connectivity index (χ4n) is 5.18. The lowest BCUT2D eigenvalue weighted by atomic mass is 9.94. The van der Waals surface area contributed by atoms with Gasteiger partial charge in [-0.25, -0.2) is 0 Å². The van der Waals surface area contributed by atoms with Gasteiger partial charge in [0.25, 0.3) is 0 Å². The second-order valence-electron chi connectivity index (χ2n) is 8.81. The third-order valence-corrected chi connectivity index (χ3v) is 6.68. The SMILES string of the molecule is Cc1[nH]c2ccccc2c1-c1c(-c2c(C)[nH]c3ccccc23)c(O)n(Cc2ccccc2)c1O. The van der Waals surface area contributed by atoms with Crippen LogP contribution in [0.2, 0.25) is 0 Å². The molecule has 3 aromatic carbocycles. The molecule has 5 heteroatoms. The maximum Gasteiger partial charge on any atom is 0.203 e. The molecule has 6 aromatic rings. The van der Waals surface area contributed by atoms with E-state index in [9.17, 15) is 10.2 Å². The van der Waals surface area contributed by atoms with Gasteiger partial charge in [-0.05, 0) is 31.5 Å². The summed E-state index contributed by atoms with van der Waals surface area (Å²) >= 11 is 0. The van der Waals surface area contributed by atoms with Crippen LogP contribution in [0.3, 0.4) is 0 Å². The number of hydrogen-bond acceptors (Lipinski definition) is 2. The highest BCUT2D eigenvalue weighted by atomic mass is 16.3. The van der Waals surface area contributed by atoms with Crippen molar-refractivity contribution in [3.63, 3.8) is 0 Å². The molecule has 3 aromatic heterocycles. The number of nitrogens with one attached hydrogen (secondary N) is 2. The number of fused-ring (bicyclic) bond motifs is 2. The van der Waals surface area contributed by atoms with Gasteiger partial charge < -0.3 is 20.2 Å². The molecule has 0 saturated carbocycles. The Labute approximate surface area is 196 Å². The molecule has 34 heavy (non-hydrogen) atoms. The number of para-hydroxylation sites is 2. The van der Waals surface area contributed by atoms with Gasteiger partial charge in [0.2, 0.25) is 11.8 Å². The Balaban J connectivity index is 1.71. The second kappa shape index (κ2) is 7.59. The van der Waals surface area contributed by atoms with Crippen LogP contribution in [-0.2, 0) is 6.54 Å². The van der Waals surface area contributed by atoms with Crippen LogP contribution in [0.5, 0.6) is 11.8 Å². The monoisotopic (exact) mass is 447 g/mol. The standard InChI is InChI=1S/C29H25N3O2/c1-17-24(20-12-6-8-14-22(20)30-17)26-27(25-18(2)31-23-15-9-7-13-21(23)25)29(34)32(28(26)33)16-19-10-4-3-5-11-19/h3-15,30-31,33-34H,16H2,1-2H3. The van der Waals surface area contributed by atoms with Crippen LogP contribution in [0.4, 0.5) is 0 Å². The largest absolute Gasteiger partial charge is 0.494 e. The van der Waals surface area contributed by atoms with Gasteiger partial charge in [-0.1, -0.05) is 66.7 Å². The van der Waals surface area contributed by atoms with Gasteiger partial charge in [0.15, 0.2) is 0 Å². The van der Waals surface area contributed by atoms with E-state index in [1.54, 1.807) is 4.57 Å². The summed E-state index contributed by atoms with van der Waals surface area (Å²) < 4.78 is 1.60. The molecular weight excluding hydrogens is 422 g/mol. The molecule has 168 valence electrons. The molecule has 0 aliphatic rings. The number of aromatic nitrogens is 3. The third kappa shape index (κ3) is 2.94. The molecule has 0 radical (unpaired) electrons. The molecule has 3 heterocycles. The Morgan fingerprint density at radius 2 is 1.03 bits per heavy atom. The van der Waals surface area contributed by atoms with E-state index in [2.05, 4.69) is 9.97 Å². The van der Waals surface area contributed by atoms with Crippen molar-refractivity contribution in [2.24, 2.45) is 0 Å². The van der Waals surface area contributed by atoms with Crippen molar-refractivity contribution in [2.75, 3.05) is 0 Å². The average Bonchev–Trinajstić information content (AvgIpc) is 3.43. The van der Waals surface area contributed by atoms with Crippen molar-refractivity contribution < 1.29 is 10.2 Å². The number of hydrogen-bond donors (Lipinski definition) is 4. The molecule has 4 N–H and O–H groups in total. The number of rotatable bonds is 4. The van der Waals surface area contributed by atoms with E-state index in [0.717, 1.165) is 49.9 Å². The zero-order valence-corrected chi connectivity index (χ0v) is 19.1. The lowest BCUT2D eigenvalue weighted by Gasteiger charge is -2.07. The molecule has 0 unspecified atom stereocenters. The summed E-state index contributed by atoms with van der Waals surface area (Å²) in [5, 5.41) is 25.3. The van der Waals surface area contributed by atoms with Crippen LogP contribution in [0, 0.1) is 13.8 Å². The normalized spacial score (nSPS) is 11.6. The third-order valence-electron chi connectivity index (χ3n) is 6.68. The quantitative estimate of drug-likeness (QED) is 0.238. The minimum atomic E-state index is 0.0499. The predicted molar refractivity (Wildman–Crippen MR) is 137 cm³/mol. The second-order valence-corrected chi connectivity index (χ2v) is 8.81. The Morgan fingerprint density at radius 1 is 0.588 bits per heavy atom. The summed E-state index contributed by atoms with van der Waals surface area (Å²) in [6.07, 6.45) is 0. The van der Waals surface area contributed by atoms with Crippen LogP contribution in [0.15, 0.2) is 78.9 Å². The van der Waals surface area contributed by atoms with E-state index < -0.39 is 0 Å². The Morgan fingerprint density at radius 3 is 1.53 bits per heavy atom. The number of H-pyrrole nitrogens is 2. The molecule has 0 aliphatic heterocycles. The molecule has 0 fully saturated rings. The van der Waals surface area contributed by atoms with Crippen LogP contribution < -0.4 is 0 Å². The molecule has 6 rings (SSSR count). The van der Waals surface area contributed by atoms with Crippen LogP contribution in [0.1, 0.15) is 17.0 Å². The van der Waals surface area contributed by atoms with Crippen molar-refractivity contribution in [3.8, 4) is 34.0 Å². The highest BCUT2D eigenvalue weighted by Gasteiger charge is 2.30. The van der Waals surface area contributed by atoms with Crippen molar-refractivity contribution in [2.45, 2.75) is 20.4 Å². The first-order chi connectivity index (χ1) is 16.5. The molecule has 5 nitrogen and oxygen atoms in total. The molecule has 0 amide bonds. The van der Waals surface area contributed by atoms with Crippen molar-refractivity contribution in [1.29, 1.82) is 0 Å². The van der Waals surface area contributed by atoms with Crippen LogP contribution in [0.25, 0.3) is 44.1 Å². The predicted octanol–water partition coefficient (Wildman–Crippen LogP) is 6.86. The molecule has 0 aliphatic carbocycles. The smallest absolute Gasteiger partial charge is 0.203 e. The van der Waals surface area contributed by atoms with Gasteiger partial charge in [-0.3, -0.25) is 4.57 Å². The van der Waals surface area contributed by atoms with Gasteiger partial charge in [0.1, 0.15) is 0 Å². The van der Waals surface area contributed by atoms with Gasteiger partial charge in [0.05, 0.1) is 17.7 Å². The minimum absolute atomic E-state index is 0.0499. The number of aromatic amines is 2. The summed E-state index contributed by atoms with van der Waals surface area (Å²) in [7, 11) is 0. The lowest BCUT2D eigenvalue weighted by Crippen LogP contribution is -1.98. The summed E-state index contributed by atoms with van der Waals surface area (Å²) in [4.78, 5) is 6.89. The van der Waals surface area contributed by atoms with Crippen molar-refractivity contribution >= 4 is 21.8 Å². The maximum absolute atomic E-state index is 11.6. The Bertz CT molecular complexity index is 1570. The highest BCUT2D eigenvalue weighted by Crippen LogP contribution is 2.52. The van der Waals surface area contributed by atoms with Gasteiger partial charge in [-0.15, -0.1) is 0 Å². The summed E-state index contributed by atoms with van der Waals surface area (Å²) in [6.45, 7) is 4.37. The zero-order valence-electron chi connectivity index (χ0n) is 19.1. The molecule has 0 atom stereocenters. The van der Waals surface area contributed by atoms with Gasteiger partial charge in [0, 0.05) is 44.3 Å². The number of aromatic hydroxyl groups is 2. The lowest BCUT2D eigenvalue weighted by molar-refractivity contribution is 0.378. The first-order valence-corrected chi connectivity index (χ1v) is 11.4. The van der Waals surface area contributed by atoms with Gasteiger partial charge >= 0.3 is 0 Å². The summed E-state index contributed by atoms with van der Waals surface area (Å²) in [5.74, 6) is 0.0998. The molecule has 0 saturated heterocycles. The maximum atomic E-state index is 11.6. The van der Waals surface area contributed by atoms with E-state index in [4.69, 9.17) is 0 Å². The van der Waals surface area contributed by atoms with Crippen molar-refractivity contribution in [1.82, 2.24) is 14.5 Å². The van der Waals surface area contributed by atoms with E-state index in [1.807, 2.05) is 92.7 Å². The molecular formula is C29H25N3O2. The van der Waals surface area contributed by atoms with E-state index in [-0.39, 0.29) is 11.8 Å². The fourth-order valence-corrected chi connectivity index (χ4v) is 5.18. The van der Waals surface area contributed by atoms with E-state index in [0.29, 0.717) is 17.7 Å². The molecule has 0 spiro atoms. The van der Waals surface area contributed by atoms with E-state index >= 15 is 0 Å². The van der Waals surface area contributed by atoms with Gasteiger partial charge in [-0.2, -0.15) is 0 Å². The zero-order chi connectivity index (χ0) is 23.4. The number of benzene rings is 3. The summed E-state index contributed by atoms with van der Waals surface area (Å²) in [5.41, 5.74) is 7.92. The fraction of sp³-hybridized carbons (Fsp3) is 0.103. The van der Waals surface area contributed by atoms with Crippen LogP contribution in [-0.4, -0.2) is 24.7 Å². The van der Waals surface area contributed by atoms with Crippen molar-refractivity contribution in [3.05, 3.63) is 95.8 Å². The number of nitrogens with zero attached hydrogens (tertiary/aromatic N) is 1. The van der Waals surface area contributed by atoms with Crippen LogP contribution >= 0.6 is 0 Å². The highest BCUT2D eigenvalue weighted by molar-refractivity contribution is 6.09.